The molecule has 2 N–H and O–H groups in total. The number of aromatic nitrogens is 3. The molecule has 0 saturated carbocycles. The number of thiazole rings is 1. The van der Waals surface area contributed by atoms with Gasteiger partial charge in [-0.3, -0.25) is 19.8 Å². The molecule has 1 fully saturated rings. The lowest BCUT2D eigenvalue weighted by Gasteiger charge is -2.49. The highest BCUT2D eigenvalue weighted by atomic mass is 32.2. The number of β-lactam (4-membered cyclic amide) rings is 1. The first kappa shape index (κ1) is 56.3. The number of carbonyl (C=O) groups excluding carboxylic acids is 6. The molecule has 5 heterocycles. The maximum atomic E-state index is 14.5. The SMILES string of the molecule is COc1ccc(COC(=O)C2=C(C[n+]3c[c-]cc4c3ccn4CCCN(C)C(=O)OC(C)(C)C)CSC3C(NC(=O)/C(=N\OC(C)(C)C(=O)OC(C)(C)C)c4nc(NC(=O)OCc5ccccc5)sc4C)C(=O)N23)cc1. The van der Waals surface area contributed by atoms with E-state index in [0.29, 0.717) is 41.3 Å². The predicted octanol–water partition coefficient (Wildman–Crippen LogP) is 7.45. The smallest absolute Gasteiger partial charge is 0.413 e. The summed E-state index contributed by atoms with van der Waals surface area (Å²) in [6.07, 6.45) is 3.18. The maximum Gasteiger partial charge on any atom is 0.413 e. The number of carbonyl (C=O) groups is 6. The minimum atomic E-state index is -1.70. The van der Waals surface area contributed by atoms with Gasteiger partial charge in [-0.25, -0.2) is 28.7 Å². The lowest BCUT2D eigenvalue weighted by Crippen LogP contribution is -2.71. The van der Waals surface area contributed by atoms with E-state index in [-0.39, 0.29) is 42.0 Å². The van der Waals surface area contributed by atoms with Crippen LogP contribution < -0.4 is 19.9 Å². The van der Waals surface area contributed by atoms with E-state index in [1.165, 1.54) is 30.5 Å². The first-order valence-electron chi connectivity index (χ1n) is 24.5. The van der Waals surface area contributed by atoms with Gasteiger partial charge >= 0.3 is 24.1 Å². The topological polar surface area (TPSA) is 222 Å². The Morgan fingerprint density at radius 1 is 0.921 bits per heavy atom. The Labute approximate surface area is 449 Å². The minimum Gasteiger partial charge on any atom is -0.497 e. The van der Waals surface area contributed by atoms with Crippen LogP contribution in [0.5, 0.6) is 5.75 Å². The molecule has 0 radical (unpaired) electrons. The number of oxime groups is 1. The zero-order valence-corrected chi connectivity index (χ0v) is 46.1. The largest absolute Gasteiger partial charge is 0.497 e. The van der Waals surface area contributed by atoms with E-state index in [9.17, 15) is 28.8 Å². The van der Waals surface area contributed by atoms with Gasteiger partial charge < -0.3 is 43.3 Å². The molecule has 4 amide bonds. The van der Waals surface area contributed by atoms with Gasteiger partial charge in [-0.2, -0.15) is 12.1 Å². The quantitative estimate of drug-likeness (QED) is 0.0156. The van der Waals surface area contributed by atoms with Gasteiger partial charge in [-0.05, 0) is 104 Å². The molecule has 0 bridgehead atoms. The highest BCUT2D eigenvalue weighted by Crippen LogP contribution is 2.41. The van der Waals surface area contributed by atoms with E-state index in [1.807, 2.05) is 74.0 Å². The highest BCUT2D eigenvalue weighted by Gasteiger charge is 2.55. The number of ether oxygens (including phenoxy) is 5. The second-order valence-electron chi connectivity index (χ2n) is 20.5. The predicted molar refractivity (Wildman–Crippen MR) is 284 cm³/mol. The summed E-state index contributed by atoms with van der Waals surface area (Å²) in [5.41, 5.74) is 0.229. The summed E-state index contributed by atoms with van der Waals surface area (Å²) in [6, 6.07) is 22.0. The normalized spacial score (nSPS) is 15.8. The van der Waals surface area contributed by atoms with Crippen molar-refractivity contribution in [3.8, 4) is 5.75 Å². The van der Waals surface area contributed by atoms with Crippen LogP contribution in [0, 0.1) is 13.0 Å². The summed E-state index contributed by atoms with van der Waals surface area (Å²) in [5.74, 6) is -2.08. The first-order chi connectivity index (χ1) is 35.9. The van der Waals surface area contributed by atoms with Crippen LogP contribution in [-0.2, 0) is 69.3 Å². The fourth-order valence-electron chi connectivity index (χ4n) is 7.84. The van der Waals surface area contributed by atoms with Gasteiger partial charge in [-0.15, -0.1) is 23.1 Å². The summed E-state index contributed by atoms with van der Waals surface area (Å²) in [4.78, 5) is 95.7. The average molecular weight is 1080 g/mol. The maximum absolute atomic E-state index is 14.5. The average Bonchev–Trinajstić information content (AvgIpc) is 3.96. The van der Waals surface area contributed by atoms with E-state index in [0.717, 1.165) is 27.9 Å². The lowest BCUT2D eigenvalue weighted by atomic mass is 10.0. The number of thioether (sulfide) groups is 1. The van der Waals surface area contributed by atoms with Gasteiger partial charge in [0.2, 0.25) is 5.60 Å². The van der Waals surface area contributed by atoms with Crippen molar-refractivity contribution in [3.05, 3.63) is 118 Å². The Morgan fingerprint density at radius 3 is 2.29 bits per heavy atom. The van der Waals surface area contributed by atoms with Crippen LogP contribution in [0.4, 0.5) is 14.7 Å². The van der Waals surface area contributed by atoms with Gasteiger partial charge in [0, 0.05) is 42.4 Å². The highest BCUT2D eigenvalue weighted by molar-refractivity contribution is 8.00. The van der Waals surface area contributed by atoms with Crippen molar-refractivity contribution in [2.45, 2.75) is 123 Å². The van der Waals surface area contributed by atoms with Crippen LogP contribution in [-0.4, -0.2) is 116 Å². The molecule has 404 valence electrons. The number of methoxy groups -OCH3 is 1. The molecule has 7 rings (SSSR count). The zero-order valence-electron chi connectivity index (χ0n) is 44.5. The Hall–Kier alpha value is -7.46. The molecular formula is C54H64N8O12S2. The Morgan fingerprint density at radius 2 is 1.61 bits per heavy atom. The number of hydrogen-bond acceptors (Lipinski definition) is 16. The molecule has 2 aromatic carbocycles. The fraction of sp³-hybridized carbons (Fsp3) is 0.426. The van der Waals surface area contributed by atoms with Crippen LogP contribution in [0.15, 0.2) is 95.5 Å². The van der Waals surface area contributed by atoms with E-state index in [4.69, 9.17) is 28.5 Å². The van der Waals surface area contributed by atoms with Gasteiger partial charge in [-0.1, -0.05) is 47.6 Å². The molecular weight excluding hydrogens is 1020 g/mol. The van der Waals surface area contributed by atoms with Crippen molar-refractivity contribution < 1.29 is 61.9 Å². The van der Waals surface area contributed by atoms with Gasteiger partial charge in [0.15, 0.2) is 17.4 Å². The van der Waals surface area contributed by atoms with Crippen molar-refractivity contribution in [1.29, 1.82) is 0 Å². The number of nitrogens with zero attached hydrogens (tertiary/aromatic N) is 6. The molecule has 1 saturated heterocycles. The lowest BCUT2D eigenvalue weighted by molar-refractivity contribution is -0.663. The molecule has 5 aromatic rings. The Bertz CT molecular complexity index is 3030. The minimum absolute atomic E-state index is 0.00196. The van der Waals surface area contributed by atoms with Crippen molar-refractivity contribution in [3.63, 3.8) is 0 Å². The molecule has 20 nitrogen and oxygen atoms in total. The molecule has 2 unspecified atom stereocenters. The number of benzene rings is 2. The zero-order chi connectivity index (χ0) is 55.1. The second kappa shape index (κ2) is 23.6. The number of rotatable bonds is 19. The van der Waals surface area contributed by atoms with E-state index >= 15 is 0 Å². The molecule has 22 heteroatoms. The van der Waals surface area contributed by atoms with E-state index < -0.39 is 69.9 Å². The van der Waals surface area contributed by atoms with E-state index in [2.05, 4.69) is 31.4 Å². The Kier molecular flexibility index (Phi) is 17.5. The molecule has 2 aliphatic heterocycles. The number of fused-ring (bicyclic) bond motifs is 2. The van der Waals surface area contributed by atoms with E-state index in [1.54, 1.807) is 77.2 Å². The number of aryl methyl sites for hydroxylation is 2. The molecule has 2 aliphatic rings. The fourth-order valence-corrected chi connectivity index (χ4v) is 9.97. The summed E-state index contributed by atoms with van der Waals surface area (Å²) < 4.78 is 31.6. The van der Waals surface area contributed by atoms with Crippen molar-refractivity contribution in [1.82, 2.24) is 24.7 Å². The summed E-state index contributed by atoms with van der Waals surface area (Å²) in [5, 5.41) is 8.87. The molecule has 0 aliphatic carbocycles. The van der Waals surface area contributed by atoms with Crippen LogP contribution >= 0.6 is 23.1 Å². The van der Waals surface area contributed by atoms with Crippen molar-refractivity contribution in [2.75, 3.05) is 31.8 Å². The number of nitrogens with one attached hydrogen (secondary N) is 2. The number of esters is 2. The van der Waals surface area contributed by atoms with Gasteiger partial charge in [0.25, 0.3) is 11.8 Å². The first-order valence-corrected chi connectivity index (χ1v) is 26.3. The number of anilines is 1. The van der Waals surface area contributed by atoms with Crippen molar-refractivity contribution in [2.24, 2.45) is 5.16 Å². The molecule has 3 aromatic heterocycles. The standard InChI is InChI=1S/C54H64N8O12S2/c1-33-40(56-49(76-33)57-50(67)71-31-34-17-13-12-14-18-34)41(58-74-54(8,9)48(66)72-52(2,3)4)44(63)55-42-45(64)62-43(47(65)70-30-35-20-22-37(69-11)23-21-35)36(32-75-46(42)62)29-61-26-15-19-38-39(61)24-28-60(38)27-16-25-59(10)51(68)73-53(5,6)7/h12-14,17-24,26,28,42,46H,16,25,27,29-32H2,1-11H3,(H,55,63)(H,56,57,67)/b58-41-. The molecule has 0 spiro atoms. The van der Waals surface area contributed by atoms with Crippen molar-refractivity contribution >= 4 is 80.9 Å². The third kappa shape index (κ3) is 14.1. The van der Waals surface area contributed by atoms with Crippen LogP contribution in [0.1, 0.15) is 83.5 Å². The third-order valence-corrected chi connectivity index (χ3v) is 13.9. The monoisotopic (exact) mass is 1080 g/mol. The van der Waals surface area contributed by atoms with Crippen LogP contribution in [0.2, 0.25) is 0 Å². The molecule has 76 heavy (non-hydrogen) atoms. The van der Waals surface area contributed by atoms with Crippen LogP contribution in [0.25, 0.3) is 11.0 Å². The summed E-state index contributed by atoms with van der Waals surface area (Å²) in [6.45, 7) is 16.2. The Balaban J connectivity index is 1.14. The summed E-state index contributed by atoms with van der Waals surface area (Å²) in [7, 11) is 3.26. The van der Waals surface area contributed by atoms with Gasteiger partial charge in [0.05, 0.1) is 13.3 Å². The summed E-state index contributed by atoms with van der Waals surface area (Å²) >= 11 is 2.38. The number of hydrogen-bond donors (Lipinski definition) is 2. The molecule has 2 atom stereocenters. The number of amides is 4. The second-order valence-corrected chi connectivity index (χ2v) is 22.8. The number of pyridine rings is 1. The van der Waals surface area contributed by atoms with Gasteiger partial charge in [0.1, 0.15) is 58.5 Å². The third-order valence-electron chi connectivity index (χ3n) is 11.7. The van der Waals surface area contributed by atoms with Crippen LogP contribution in [0.3, 0.4) is 0 Å².